The van der Waals surface area contributed by atoms with E-state index in [0.29, 0.717) is 16.6 Å². The van der Waals surface area contributed by atoms with E-state index in [1.54, 1.807) is 6.07 Å². The Morgan fingerprint density at radius 1 is 1.56 bits per heavy atom. The van der Waals surface area contributed by atoms with E-state index in [1.165, 1.54) is 12.1 Å². The molecule has 1 atom stereocenters. The van der Waals surface area contributed by atoms with Crippen molar-refractivity contribution in [2.24, 2.45) is 0 Å². The molecule has 0 radical (unpaired) electrons. The molecule has 0 saturated carbocycles. The Morgan fingerprint density at radius 2 is 2.22 bits per heavy atom. The number of nitrogens with two attached hydrogens (primary N) is 1. The molecule has 0 spiro atoms. The Morgan fingerprint density at radius 3 is 2.72 bits per heavy atom. The van der Waals surface area contributed by atoms with Gasteiger partial charge in [0.05, 0.1) is 10.9 Å². The Balaban J connectivity index is 3.03. The zero-order chi connectivity index (χ0) is 13.8. The fourth-order valence-corrected chi connectivity index (χ4v) is 3.74. The number of rotatable bonds is 5. The van der Waals surface area contributed by atoms with E-state index in [9.17, 15) is 8.42 Å². The summed E-state index contributed by atoms with van der Waals surface area (Å²) in [6, 6.07) is 4.02. The van der Waals surface area contributed by atoms with E-state index in [0.717, 1.165) is 6.42 Å². The second-order valence-electron chi connectivity index (χ2n) is 3.82. The minimum absolute atomic E-state index is 0.132. The van der Waals surface area contributed by atoms with E-state index in [2.05, 4.69) is 26.6 Å². The minimum Gasteiger partial charge on any atom is -0.399 e. The lowest BCUT2D eigenvalue weighted by Gasteiger charge is -2.13. The van der Waals surface area contributed by atoms with E-state index < -0.39 is 16.1 Å². The smallest absolute Gasteiger partial charge is 0.242 e. The van der Waals surface area contributed by atoms with Crippen LogP contribution in [-0.4, -0.2) is 14.5 Å². The molecule has 0 amide bonds. The third-order valence-corrected chi connectivity index (χ3v) is 4.77. The number of sulfonamides is 1. The highest BCUT2D eigenvalue weighted by molar-refractivity contribution is 9.10. The number of halogens is 1. The first-order valence-electron chi connectivity index (χ1n) is 5.44. The van der Waals surface area contributed by atoms with Crippen LogP contribution in [0.25, 0.3) is 0 Å². The molecule has 18 heavy (non-hydrogen) atoms. The van der Waals surface area contributed by atoms with Gasteiger partial charge in [0, 0.05) is 10.2 Å². The molecule has 0 aromatic heterocycles. The highest BCUT2D eigenvalue weighted by atomic mass is 79.9. The number of anilines is 1. The van der Waals surface area contributed by atoms with Gasteiger partial charge in [-0.15, -0.1) is 6.42 Å². The van der Waals surface area contributed by atoms with Crippen molar-refractivity contribution in [1.82, 2.24) is 4.72 Å². The number of terminal acetylenes is 1. The van der Waals surface area contributed by atoms with Crippen LogP contribution < -0.4 is 10.5 Å². The molecule has 98 valence electrons. The van der Waals surface area contributed by atoms with Gasteiger partial charge in [-0.1, -0.05) is 19.3 Å². The SMILES string of the molecule is C#CC(CCC)NS(=O)(=O)c1ccc(N)cc1Br. The molecule has 1 aromatic carbocycles. The maximum Gasteiger partial charge on any atom is 0.242 e. The summed E-state index contributed by atoms with van der Waals surface area (Å²) in [5.74, 6) is 2.43. The lowest BCUT2D eigenvalue weighted by atomic mass is 10.2. The summed E-state index contributed by atoms with van der Waals surface area (Å²) in [7, 11) is -3.64. The van der Waals surface area contributed by atoms with Crippen molar-refractivity contribution in [3.05, 3.63) is 22.7 Å². The van der Waals surface area contributed by atoms with Gasteiger partial charge in [0.15, 0.2) is 0 Å². The molecule has 0 fully saturated rings. The normalized spacial score (nSPS) is 12.9. The Labute approximate surface area is 116 Å². The first-order chi connectivity index (χ1) is 8.40. The maximum absolute atomic E-state index is 12.1. The van der Waals surface area contributed by atoms with Crippen LogP contribution in [0.5, 0.6) is 0 Å². The van der Waals surface area contributed by atoms with Crippen LogP contribution in [0.3, 0.4) is 0 Å². The van der Waals surface area contributed by atoms with E-state index >= 15 is 0 Å². The summed E-state index contributed by atoms with van der Waals surface area (Å²) in [4.78, 5) is 0.132. The van der Waals surface area contributed by atoms with Crippen LogP contribution in [0.4, 0.5) is 5.69 Å². The first-order valence-corrected chi connectivity index (χ1v) is 7.71. The fraction of sp³-hybridized carbons (Fsp3) is 0.333. The van der Waals surface area contributed by atoms with Crippen molar-refractivity contribution in [2.45, 2.75) is 30.7 Å². The van der Waals surface area contributed by atoms with Gasteiger partial charge in [-0.05, 0) is 40.5 Å². The molecule has 0 aliphatic rings. The lowest BCUT2D eigenvalue weighted by Crippen LogP contribution is -2.33. The summed E-state index contributed by atoms with van der Waals surface area (Å²) < 4.78 is 27.2. The number of benzene rings is 1. The van der Waals surface area contributed by atoms with Crippen molar-refractivity contribution in [3.8, 4) is 12.3 Å². The average Bonchev–Trinajstić information content (AvgIpc) is 2.27. The van der Waals surface area contributed by atoms with Gasteiger partial charge in [-0.25, -0.2) is 8.42 Å². The molecular weight excluding hydrogens is 316 g/mol. The summed E-state index contributed by atoms with van der Waals surface area (Å²) in [5.41, 5.74) is 6.06. The minimum atomic E-state index is -3.64. The molecule has 0 aliphatic heterocycles. The third kappa shape index (κ3) is 3.73. The zero-order valence-electron chi connectivity index (χ0n) is 9.98. The molecule has 1 rings (SSSR count). The van der Waals surface area contributed by atoms with Crippen molar-refractivity contribution in [2.75, 3.05) is 5.73 Å². The second-order valence-corrected chi connectivity index (χ2v) is 6.36. The standard InChI is InChI=1S/C12H15BrN2O2S/c1-3-5-10(4-2)15-18(16,17)12-7-6-9(14)8-11(12)13/h2,6-8,10,15H,3,5,14H2,1H3. The summed E-state index contributed by atoms with van der Waals surface area (Å²) in [6.07, 6.45) is 6.70. The van der Waals surface area contributed by atoms with Gasteiger partial charge in [0.25, 0.3) is 0 Å². The van der Waals surface area contributed by atoms with E-state index in [1.807, 2.05) is 6.92 Å². The average molecular weight is 331 g/mol. The van der Waals surface area contributed by atoms with Crippen molar-refractivity contribution in [3.63, 3.8) is 0 Å². The van der Waals surface area contributed by atoms with Crippen molar-refractivity contribution in [1.29, 1.82) is 0 Å². The van der Waals surface area contributed by atoms with Gasteiger partial charge < -0.3 is 5.73 Å². The zero-order valence-corrected chi connectivity index (χ0v) is 12.4. The van der Waals surface area contributed by atoms with E-state index in [4.69, 9.17) is 12.2 Å². The van der Waals surface area contributed by atoms with Crippen LogP contribution in [0.15, 0.2) is 27.6 Å². The van der Waals surface area contributed by atoms with Crippen LogP contribution in [-0.2, 0) is 10.0 Å². The monoisotopic (exact) mass is 330 g/mol. The van der Waals surface area contributed by atoms with Crippen molar-refractivity contribution >= 4 is 31.6 Å². The lowest BCUT2D eigenvalue weighted by molar-refractivity contribution is 0.564. The molecule has 0 aliphatic carbocycles. The van der Waals surface area contributed by atoms with E-state index in [-0.39, 0.29) is 4.90 Å². The highest BCUT2D eigenvalue weighted by Crippen LogP contribution is 2.24. The predicted octanol–water partition coefficient (Wildman–Crippen LogP) is 2.11. The molecule has 4 nitrogen and oxygen atoms in total. The third-order valence-electron chi connectivity index (χ3n) is 2.32. The second kappa shape index (κ2) is 6.23. The molecule has 3 N–H and O–H groups in total. The Hall–Kier alpha value is -1.03. The largest absolute Gasteiger partial charge is 0.399 e. The van der Waals surface area contributed by atoms with Crippen LogP contribution in [0.1, 0.15) is 19.8 Å². The Kier molecular flexibility index (Phi) is 5.20. The summed E-state index contributed by atoms with van der Waals surface area (Å²) >= 11 is 3.18. The maximum atomic E-state index is 12.1. The van der Waals surface area contributed by atoms with Crippen LogP contribution in [0.2, 0.25) is 0 Å². The molecule has 6 heteroatoms. The van der Waals surface area contributed by atoms with Gasteiger partial charge in [-0.2, -0.15) is 4.72 Å². The molecule has 1 aromatic rings. The van der Waals surface area contributed by atoms with Gasteiger partial charge in [0.1, 0.15) is 0 Å². The van der Waals surface area contributed by atoms with Gasteiger partial charge >= 0.3 is 0 Å². The number of nitrogens with one attached hydrogen (secondary N) is 1. The number of hydrogen-bond acceptors (Lipinski definition) is 3. The fourth-order valence-electron chi connectivity index (χ4n) is 1.45. The quantitative estimate of drug-likeness (QED) is 0.641. The first kappa shape index (κ1) is 15.0. The topological polar surface area (TPSA) is 72.2 Å². The highest BCUT2D eigenvalue weighted by Gasteiger charge is 2.20. The molecule has 1 unspecified atom stereocenters. The molecule has 0 bridgehead atoms. The number of nitrogen functional groups attached to an aromatic ring is 1. The summed E-state index contributed by atoms with van der Waals surface area (Å²) in [5, 5.41) is 0. The summed E-state index contributed by atoms with van der Waals surface area (Å²) in [6.45, 7) is 1.94. The van der Waals surface area contributed by atoms with Gasteiger partial charge in [-0.3, -0.25) is 0 Å². The molecular formula is C12H15BrN2O2S. The molecule has 0 saturated heterocycles. The van der Waals surface area contributed by atoms with Crippen LogP contribution >= 0.6 is 15.9 Å². The Bertz CT molecular complexity index is 564. The predicted molar refractivity (Wildman–Crippen MR) is 76.4 cm³/mol. The molecule has 0 heterocycles. The number of hydrogen-bond donors (Lipinski definition) is 2. The van der Waals surface area contributed by atoms with Gasteiger partial charge in [0.2, 0.25) is 10.0 Å². The van der Waals surface area contributed by atoms with Crippen molar-refractivity contribution < 1.29 is 8.42 Å². The van der Waals surface area contributed by atoms with Crippen LogP contribution in [0, 0.1) is 12.3 Å².